The summed E-state index contributed by atoms with van der Waals surface area (Å²) in [5.74, 6) is -2.93. The number of hydroxylamine groups is 2. The topological polar surface area (TPSA) is 139 Å². The number of carbonyl (C=O) groups excluding carboxylic acids is 6. The number of carbonyl (C=O) groups is 6. The molecule has 0 aromatic carbocycles. The van der Waals surface area contributed by atoms with Crippen LogP contribution in [0.15, 0.2) is 12.2 Å². The Morgan fingerprint density at radius 1 is 0.964 bits per heavy atom. The molecule has 28 heavy (non-hydrogen) atoms. The van der Waals surface area contributed by atoms with Crippen molar-refractivity contribution in [2.24, 2.45) is 0 Å². The van der Waals surface area contributed by atoms with Crippen LogP contribution in [0.25, 0.3) is 0 Å². The average molecular weight is 395 g/mol. The van der Waals surface area contributed by atoms with E-state index in [9.17, 15) is 28.8 Å². The SMILES string of the molecule is O=C(CCN1C(=O)C=CC1=O)NCCOCCCC(=O)ON1C(=O)CCC1=O. The van der Waals surface area contributed by atoms with E-state index in [0.717, 1.165) is 17.1 Å². The molecule has 11 nitrogen and oxygen atoms in total. The van der Waals surface area contributed by atoms with Gasteiger partial charge in [-0.25, -0.2) is 4.79 Å². The van der Waals surface area contributed by atoms with Crippen molar-refractivity contribution in [3.63, 3.8) is 0 Å². The summed E-state index contributed by atoms with van der Waals surface area (Å²) in [6, 6.07) is 0. The molecule has 0 unspecified atom stereocenters. The lowest BCUT2D eigenvalue weighted by molar-refractivity contribution is -0.197. The Morgan fingerprint density at radius 3 is 2.25 bits per heavy atom. The Labute approximate surface area is 160 Å². The Hall–Kier alpha value is -3.08. The molecule has 0 aromatic heterocycles. The minimum absolute atomic E-state index is 0.00105. The second kappa shape index (κ2) is 10.3. The minimum atomic E-state index is -0.694. The van der Waals surface area contributed by atoms with E-state index in [1.54, 1.807) is 0 Å². The molecule has 0 spiro atoms. The molecule has 1 fully saturated rings. The summed E-state index contributed by atoms with van der Waals surface area (Å²) in [6.07, 6.45) is 2.71. The lowest BCUT2D eigenvalue weighted by Gasteiger charge is -2.13. The van der Waals surface area contributed by atoms with Crippen LogP contribution in [0.3, 0.4) is 0 Å². The Bertz CT molecular complexity index is 669. The molecular weight excluding hydrogens is 374 g/mol. The first-order chi connectivity index (χ1) is 13.4. The molecule has 2 rings (SSSR count). The number of hydrogen-bond donors (Lipinski definition) is 1. The minimum Gasteiger partial charge on any atom is -0.380 e. The molecule has 11 heteroatoms. The van der Waals surface area contributed by atoms with E-state index in [4.69, 9.17) is 9.57 Å². The lowest BCUT2D eigenvalue weighted by Crippen LogP contribution is -2.35. The number of rotatable bonds is 11. The first-order valence-electron chi connectivity index (χ1n) is 8.83. The van der Waals surface area contributed by atoms with Crippen LogP contribution < -0.4 is 5.32 Å². The molecule has 1 N–H and O–H groups in total. The van der Waals surface area contributed by atoms with Crippen molar-refractivity contribution in [2.75, 3.05) is 26.3 Å². The lowest BCUT2D eigenvalue weighted by atomic mass is 10.3. The molecule has 0 saturated carbocycles. The summed E-state index contributed by atoms with van der Waals surface area (Å²) in [7, 11) is 0. The fraction of sp³-hybridized carbons (Fsp3) is 0.529. The van der Waals surface area contributed by atoms with Gasteiger partial charge in [-0.1, -0.05) is 0 Å². The number of nitrogens with one attached hydrogen (secondary N) is 1. The highest BCUT2D eigenvalue weighted by Crippen LogP contribution is 2.12. The number of ether oxygens (including phenoxy) is 1. The van der Waals surface area contributed by atoms with Crippen molar-refractivity contribution >= 4 is 35.5 Å². The van der Waals surface area contributed by atoms with Crippen LogP contribution in [-0.2, 0) is 38.3 Å². The molecule has 0 aromatic rings. The fourth-order valence-electron chi connectivity index (χ4n) is 2.44. The molecule has 0 radical (unpaired) electrons. The third kappa shape index (κ3) is 6.27. The van der Waals surface area contributed by atoms with Crippen molar-refractivity contribution in [2.45, 2.75) is 32.1 Å². The molecule has 0 aliphatic carbocycles. The van der Waals surface area contributed by atoms with Gasteiger partial charge in [-0.2, -0.15) is 0 Å². The molecule has 2 heterocycles. The Balaban J connectivity index is 1.46. The van der Waals surface area contributed by atoms with Gasteiger partial charge in [0, 0.05) is 51.1 Å². The van der Waals surface area contributed by atoms with E-state index in [0.29, 0.717) is 11.5 Å². The molecule has 152 valence electrons. The fourth-order valence-corrected chi connectivity index (χ4v) is 2.44. The van der Waals surface area contributed by atoms with Gasteiger partial charge in [0.1, 0.15) is 0 Å². The Kier molecular flexibility index (Phi) is 7.81. The van der Waals surface area contributed by atoms with E-state index in [1.165, 1.54) is 0 Å². The van der Waals surface area contributed by atoms with Crippen LogP contribution >= 0.6 is 0 Å². The summed E-state index contributed by atoms with van der Waals surface area (Å²) in [4.78, 5) is 74.2. The number of hydrogen-bond acceptors (Lipinski definition) is 8. The van der Waals surface area contributed by atoms with Crippen molar-refractivity contribution in [1.29, 1.82) is 0 Å². The van der Waals surface area contributed by atoms with Crippen LogP contribution in [0, 0.1) is 0 Å². The van der Waals surface area contributed by atoms with Crippen LogP contribution in [0.1, 0.15) is 32.1 Å². The highest BCUT2D eigenvalue weighted by atomic mass is 16.7. The van der Waals surface area contributed by atoms with Crippen molar-refractivity contribution in [1.82, 2.24) is 15.3 Å². The second-order valence-corrected chi connectivity index (χ2v) is 6.02. The molecule has 1 saturated heterocycles. The van der Waals surface area contributed by atoms with Gasteiger partial charge in [0.15, 0.2) is 0 Å². The first-order valence-corrected chi connectivity index (χ1v) is 8.83. The van der Waals surface area contributed by atoms with E-state index in [-0.39, 0.29) is 57.9 Å². The van der Waals surface area contributed by atoms with Gasteiger partial charge in [0.05, 0.1) is 13.0 Å². The molecule has 5 amide bonds. The maximum Gasteiger partial charge on any atom is 0.333 e. The second-order valence-electron chi connectivity index (χ2n) is 6.02. The maximum atomic E-state index is 11.7. The third-order valence-electron chi connectivity index (χ3n) is 3.90. The summed E-state index contributed by atoms with van der Waals surface area (Å²) in [5, 5.41) is 3.09. The van der Waals surface area contributed by atoms with Gasteiger partial charge in [0.2, 0.25) is 5.91 Å². The van der Waals surface area contributed by atoms with Crippen LogP contribution in [0.4, 0.5) is 0 Å². The third-order valence-corrected chi connectivity index (χ3v) is 3.90. The van der Waals surface area contributed by atoms with Gasteiger partial charge in [-0.15, -0.1) is 5.06 Å². The van der Waals surface area contributed by atoms with E-state index in [2.05, 4.69) is 5.32 Å². The quantitative estimate of drug-likeness (QED) is 0.341. The predicted molar refractivity (Wildman–Crippen MR) is 90.7 cm³/mol. The first kappa shape index (κ1) is 21.2. The monoisotopic (exact) mass is 395 g/mol. The normalized spacial score (nSPS) is 16.3. The number of amides is 5. The number of nitrogens with zero attached hydrogens (tertiary/aromatic N) is 2. The molecule has 0 bridgehead atoms. The molecular formula is C17H21N3O8. The standard InChI is InChI=1S/C17H21N3O8/c21-12(7-9-19-13(22)3-4-14(19)23)18-8-11-27-10-1-2-17(26)28-20-15(24)5-6-16(20)25/h3-4H,1-2,5-11H2,(H,18,21). The van der Waals surface area contributed by atoms with E-state index < -0.39 is 29.6 Å². The summed E-state index contributed by atoms with van der Waals surface area (Å²) in [5.41, 5.74) is 0. The van der Waals surface area contributed by atoms with E-state index >= 15 is 0 Å². The highest BCUT2D eigenvalue weighted by Gasteiger charge is 2.32. The van der Waals surface area contributed by atoms with Gasteiger partial charge in [-0.3, -0.25) is 28.9 Å². The van der Waals surface area contributed by atoms with Crippen molar-refractivity contribution in [3.8, 4) is 0 Å². The highest BCUT2D eigenvalue weighted by molar-refractivity contribution is 6.13. The Morgan fingerprint density at radius 2 is 1.61 bits per heavy atom. The zero-order valence-corrected chi connectivity index (χ0v) is 15.2. The predicted octanol–water partition coefficient (Wildman–Crippen LogP) is -1.18. The molecule has 2 aliphatic heterocycles. The van der Waals surface area contributed by atoms with Crippen molar-refractivity contribution in [3.05, 3.63) is 12.2 Å². The largest absolute Gasteiger partial charge is 0.380 e. The van der Waals surface area contributed by atoms with E-state index in [1.807, 2.05) is 0 Å². The summed E-state index contributed by atoms with van der Waals surface area (Å²) >= 11 is 0. The van der Waals surface area contributed by atoms with Gasteiger partial charge < -0.3 is 14.9 Å². The zero-order valence-electron chi connectivity index (χ0n) is 15.2. The number of imide groups is 2. The van der Waals surface area contributed by atoms with Crippen molar-refractivity contribution < 1.29 is 38.3 Å². The smallest absolute Gasteiger partial charge is 0.333 e. The van der Waals surface area contributed by atoms with Gasteiger partial charge in [-0.05, 0) is 6.42 Å². The van der Waals surface area contributed by atoms with Crippen LogP contribution in [-0.4, -0.2) is 71.8 Å². The summed E-state index contributed by atoms with van der Waals surface area (Å²) < 4.78 is 5.26. The molecule has 0 atom stereocenters. The summed E-state index contributed by atoms with van der Waals surface area (Å²) in [6.45, 7) is 0.698. The van der Waals surface area contributed by atoms with Crippen LogP contribution in [0.2, 0.25) is 0 Å². The zero-order chi connectivity index (χ0) is 20.5. The molecule has 2 aliphatic rings. The van der Waals surface area contributed by atoms with Gasteiger partial charge >= 0.3 is 5.97 Å². The average Bonchev–Trinajstić information content (AvgIpc) is 3.14. The van der Waals surface area contributed by atoms with Crippen LogP contribution in [0.5, 0.6) is 0 Å². The maximum absolute atomic E-state index is 11.7. The van der Waals surface area contributed by atoms with Gasteiger partial charge in [0.25, 0.3) is 23.6 Å².